The predicted molar refractivity (Wildman–Crippen MR) is 84.1 cm³/mol. The second-order valence-corrected chi connectivity index (χ2v) is 4.41. The van der Waals surface area contributed by atoms with E-state index in [1.165, 1.54) is 0 Å². The van der Waals surface area contributed by atoms with Crippen molar-refractivity contribution >= 4 is 11.1 Å². The summed E-state index contributed by atoms with van der Waals surface area (Å²) in [6.07, 6.45) is 0. The zero-order valence-corrected chi connectivity index (χ0v) is 11.8. The summed E-state index contributed by atoms with van der Waals surface area (Å²) in [7, 11) is 3.31. The first-order valence-electron chi connectivity index (χ1n) is 6.32. The van der Waals surface area contributed by atoms with Gasteiger partial charge in [-0.05, 0) is 46.5 Å². The molecule has 0 amide bonds. The van der Waals surface area contributed by atoms with Crippen LogP contribution in [0.5, 0.6) is 11.5 Å². The lowest BCUT2D eigenvalue weighted by molar-refractivity contribution is 0.414. The molecule has 0 saturated carbocycles. The summed E-state index contributed by atoms with van der Waals surface area (Å²) in [4.78, 5) is 0. The first-order chi connectivity index (χ1) is 9.65. The second kappa shape index (κ2) is 6.11. The molecule has 0 aromatic heterocycles. The van der Waals surface area contributed by atoms with Gasteiger partial charge in [-0.25, -0.2) is 0 Å². The lowest BCUT2D eigenvalue weighted by atomic mass is 9.95. The van der Waals surface area contributed by atoms with Gasteiger partial charge in [0.05, 0.1) is 14.2 Å². The normalized spacial score (nSPS) is 9.90. The van der Waals surface area contributed by atoms with Crippen molar-refractivity contribution in [1.82, 2.24) is 0 Å². The lowest BCUT2D eigenvalue weighted by Gasteiger charge is -2.11. The molecule has 0 N–H and O–H groups in total. The molecule has 0 radical (unpaired) electrons. The summed E-state index contributed by atoms with van der Waals surface area (Å²) in [6.45, 7) is 8.26. The average molecular weight is 266 g/mol. The Morgan fingerprint density at radius 2 is 0.950 bits per heavy atom. The molecule has 0 aliphatic heterocycles. The Balaban J connectivity index is 2.20. The van der Waals surface area contributed by atoms with Gasteiger partial charge in [-0.15, -0.1) is 0 Å². The molecule has 2 nitrogen and oxygen atoms in total. The van der Waals surface area contributed by atoms with Gasteiger partial charge in [-0.2, -0.15) is 0 Å². The highest BCUT2D eigenvalue weighted by Crippen LogP contribution is 2.30. The van der Waals surface area contributed by atoms with Gasteiger partial charge in [-0.1, -0.05) is 37.4 Å². The third-order valence-electron chi connectivity index (χ3n) is 3.24. The van der Waals surface area contributed by atoms with E-state index in [0.29, 0.717) is 0 Å². The Labute approximate surface area is 120 Å². The first kappa shape index (κ1) is 13.9. The van der Waals surface area contributed by atoms with Crippen molar-refractivity contribution < 1.29 is 9.47 Å². The zero-order valence-electron chi connectivity index (χ0n) is 11.8. The van der Waals surface area contributed by atoms with E-state index in [0.717, 1.165) is 33.8 Å². The zero-order chi connectivity index (χ0) is 14.5. The molecule has 2 rings (SSSR count). The number of methoxy groups -OCH3 is 2. The number of hydrogen-bond acceptors (Lipinski definition) is 2. The molecule has 0 heterocycles. The van der Waals surface area contributed by atoms with E-state index in [1.807, 2.05) is 48.5 Å². The van der Waals surface area contributed by atoms with E-state index in [4.69, 9.17) is 9.47 Å². The van der Waals surface area contributed by atoms with E-state index in [1.54, 1.807) is 14.2 Å². The fourth-order valence-corrected chi connectivity index (χ4v) is 1.93. The van der Waals surface area contributed by atoms with Gasteiger partial charge in [0.2, 0.25) is 0 Å². The highest BCUT2D eigenvalue weighted by atomic mass is 16.5. The number of benzene rings is 2. The van der Waals surface area contributed by atoms with Crippen molar-refractivity contribution in [3.8, 4) is 11.5 Å². The van der Waals surface area contributed by atoms with Crippen LogP contribution in [0.3, 0.4) is 0 Å². The van der Waals surface area contributed by atoms with Gasteiger partial charge in [0, 0.05) is 0 Å². The molecule has 0 aliphatic carbocycles. The number of rotatable bonds is 5. The third kappa shape index (κ3) is 2.91. The van der Waals surface area contributed by atoms with E-state index in [2.05, 4.69) is 13.2 Å². The first-order valence-corrected chi connectivity index (χ1v) is 6.32. The van der Waals surface area contributed by atoms with Crippen molar-refractivity contribution in [2.75, 3.05) is 14.2 Å². The van der Waals surface area contributed by atoms with Crippen LogP contribution >= 0.6 is 0 Å². The van der Waals surface area contributed by atoms with Crippen LogP contribution in [0, 0.1) is 0 Å². The molecule has 102 valence electrons. The molecular weight excluding hydrogens is 248 g/mol. The fraction of sp³-hybridized carbons (Fsp3) is 0.111. The van der Waals surface area contributed by atoms with Crippen LogP contribution in [0.2, 0.25) is 0 Å². The van der Waals surface area contributed by atoms with Crippen LogP contribution in [0.25, 0.3) is 11.1 Å². The Hall–Kier alpha value is -2.48. The summed E-state index contributed by atoms with van der Waals surface area (Å²) >= 11 is 0. The summed E-state index contributed by atoms with van der Waals surface area (Å²) in [6, 6.07) is 15.6. The van der Waals surface area contributed by atoms with Crippen molar-refractivity contribution in [2.24, 2.45) is 0 Å². The third-order valence-corrected chi connectivity index (χ3v) is 3.24. The fourth-order valence-electron chi connectivity index (χ4n) is 1.93. The van der Waals surface area contributed by atoms with E-state index in [-0.39, 0.29) is 0 Å². The minimum absolute atomic E-state index is 0.830. The standard InChI is InChI=1S/C18H18O2/c1-13(15-5-9-17(19-3)10-6-15)14(2)16-7-11-18(20-4)12-8-16/h5-12H,1-2H2,3-4H3. The maximum atomic E-state index is 5.15. The SMILES string of the molecule is C=C(C(=C)c1ccc(OC)cc1)c1ccc(OC)cc1. The topological polar surface area (TPSA) is 18.5 Å². The highest BCUT2D eigenvalue weighted by Gasteiger charge is 2.06. The molecule has 0 unspecified atom stereocenters. The van der Waals surface area contributed by atoms with Gasteiger partial charge >= 0.3 is 0 Å². The molecule has 2 aromatic rings. The number of allylic oxidation sites excluding steroid dienone is 2. The maximum Gasteiger partial charge on any atom is 0.118 e. The molecule has 0 atom stereocenters. The largest absolute Gasteiger partial charge is 0.497 e. The molecule has 0 bridgehead atoms. The number of ether oxygens (including phenoxy) is 2. The van der Waals surface area contributed by atoms with Crippen LogP contribution in [-0.4, -0.2) is 14.2 Å². The Morgan fingerprint density at radius 1 is 0.650 bits per heavy atom. The van der Waals surface area contributed by atoms with Gasteiger partial charge in [-0.3, -0.25) is 0 Å². The molecule has 2 heteroatoms. The summed E-state index contributed by atoms with van der Waals surface area (Å²) in [5.41, 5.74) is 3.87. The van der Waals surface area contributed by atoms with E-state index >= 15 is 0 Å². The van der Waals surface area contributed by atoms with Crippen LogP contribution in [-0.2, 0) is 0 Å². The van der Waals surface area contributed by atoms with Crippen molar-refractivity contribution in [3.05, 3.63) is 72.8 Å². The molecule has 0 saturated heterocycles. The van der Waals surface area contributed by atoms with Gasteiger partial charge in [0.25, 0.3) is 0 Å². The van der Waals surface area contributed by atoms with Crippen molar-refractivity contribution in [3.63, 3.8) is 0 Å². The molecule has 0 fully saturated rings. The average Bonchev–Trinajstić information content (AvgIpc) is 2.53. The van der Waals surface area contributed by atoms with E-state index in [9.17, 15) is 0 Å². The van der Waals surface area contributed by atoms with Gasteiger partial charge in [0.15, 0.2) is 0 Å². The lowest BCUT2D eigenvalue weighted by Crippen LogP contribution is -1.90. The minimum Gasteiger partial charge on any atom is -0.497 e. The smallest absolute Gasteiger partial charge is 0.118 e. The highest BCUT2D eigenvalue weighted by molar-refractivity contribution is 6.02. The van der Waals surface area contributed by atoms with E-state index < -0.39 is 0 Å². The molecule has 0 spiro atoms. The van der Waals surface area contributed by atoms with Crippen molar-refractivity contribution in [1.29, 1.82) is 0 Å². The summed E-state index contributed by atoms with van der Waals surface area (Å²) in [5.74, 6) is 1.66. The Bertz CT molecular complexity index is 549. The molecule has 20 heavy (non-hydrogen) atoms. The number of hydrogen-bond donors (Lipinski definition) is 0. The van der Waals surface area contributed by atoms with Crippen LogP contribution < -0.4 is 9.47 Å². The Kier molecular flexibility index (Phi) is 4.26. The van der Waals surface area contributed by atoms with Gasteiger partial charge in [0.1, 0.15) is 11.5 Å². The molecule has 2 aromatic carbocycles. The summed E-state index contributed by atoms with van der Waals surface area (Å²) in [5, 5.41) is 0. The summed E-state index contributed by atoms with van der Waals surface area (Å²) < 4.78 is 10.3. The second-order valence-electron chi connectivity index (χ2n) is 4.41. The van der Waals surface area contributed by atoms with Gasteiger partial charge < -0.3 is 9.47 Å². The maximum absolute atomic E-state index is 5.15. The minimum atomic E-state index is 0.830. The quantitative estimate of drug-likeness (QED) is 0.745. The molecule has 0 aliphatic rings. The van der Waals surface area contributed by atoms with Crippen LogP contribution in [0.4, 0.5) is 0 Å². The predicted octanol–water partition coefficient (Wildman–Crippen LogP) is 4.43. The van der Waals surface area contributed by atoms with Crippen LogP contribution in [0.15, 0.2) is 61.7 Å². The monoisotopic (exact) mass is 266 g/mol. The molecular formula is C18H18O2. The van der Waals surface area contributed by atoms with Crippen molar-refractivity contribution in [2.45, 2.75) is 0 Å². The van der Waals surface area contributed by atoms with Crippen LogP contribution in [0.1, 0.15) is 11.1 Å². The Morgan fingerprint density at radius 3 is 1.20 bits per heavy atom.